The summed E-state index contributed by atoms with van der Waals surface area (Å²) in [7, 11) is -1.43. The Morgan fingerprint density at radius 3 is 2.58 bits per heavy atom. The number of fused-ring (bicyclic) bond motifs is 1. The van der Waals surface area contributed by atoms with Crippen molar-refractivity contribution < 1.29 is 14.8 Å². The Hall–Kier alpha value is -1.56. The zero-order chi connectivity index (χ0) is 13.2. The zero-order valence-corrected chi connectivity index (χ0v) is 10.6. The van der Waals surface area contributed by atoms with E-state index >= 15 is 0 Å². The fourth-order valence-corrected chi connectivity index (χ4v) is 2.54. The smallest absolute Gasteiger partial charge is 0.423 e. The SMILES string of the molecule is OB(O)c1cccc2cc(N3CCOCC3)ccc12. The van der Waals surface area contributed by atoms with Gasteiger partial charge in [0.1, 0.15) is 0 Å². The third-order valence-corrected chi connectivity index (χ3v) is 3.55. The van der Waals surface area contributed by atoms with Crippen LogP contribution in [0.1, 0.15) is 0 Å². The number of ether oxygens (including phenoxy) is 1. The van der Waals surface area contributed by atoms with Gasteiger partial charge in [0.25, 0.3) is 0 Å². The Morgan fingerprint density at radius 2 is 1.84 bits per heavy atom. The molecule has 3 rings (SSSR count). The van der Waals surface area contributed by atoms with E-state index in [9.17, 15) is 10.0 Å². The Morgan fingerprint density at radius 1 is 1.05 bits per heavy atom. The number of morpholine rings is 1. The molecule has 4 nitrogen and oxygen atoms in total. The van der Waals surface area contributed by atoms with Crippen LogP contribution in [-0.4, -0.2) is 43.5 Å². The molecule has 0 amide bonds. The van der Waals surface area contributed by atoms with Crippen LogP contribution in [0.5, 0.6) is 0 Å². The molecule has 1 saturated heterocycles. The van der Waals surface area contributed by atoms with Crippen molar-refractivity contribution in [1.82, 2.24) is 0 Å². The first-order valence-corrected chi connectivity index (χ1v) is 6.47. The minimum absolute atomic E-state index is 0.547. The number of hydrogen-bond acceptors (Lipinski definition) is 4. The van der Waals surface area contributed by atoms with Crippen LogP contribution in [-0.2, 0) is 4.74 Å². The van der Waals surface area contributed by atoms with E-state index < -0.39 is 7.12 Å². The molecule has 1 aliphatic heterocycles. The molecule has 0 aliphatic carbocycles. The number of nitrogens with zero attached hydrogens (tertiary/aromatic N) is 1. The summed E-state index contributed by atoms with van der Waals surface area (Å²) in [5, 5.41) is 20.6. The fourth-order valence-electron chi connectivity index (χ4n) is 2.54. The van der Waals surface area contributed by atoms with E-state index in [1.165, 1.54) is 0 Å². The summed E-state index contributed by atoms with van der Waals surface area (Å²) in [6.45, 7) is 3.31. The summed E-state index contributed by atoms with van der Waals surface area (Å²) in [4.78, 5) is 2.28. The highest BCUT2D eigenvalue weighted by molar-refractivity contribution is 6.61. The lowest BCUT2D eigenvalue weighted by atomic mass is 9.77. The average molecular weight is 257 g/mol. The van der Waals surface area contributed by atoms with Gasteiger partial charge < -0.3 is 19.7 Å². The first-order chi connectivity index (χ1) is 9.25. The molecule has 1 aliphatic rings. The topological polar surface area (TPSA) is 52.9 Å². The van der Waals surface area contributed by atoms with E-state index in [2.05, 4.69) is 11.0 Å². The van der Waals surface area contributed by atoms with E-state index in [1.807, 2.05) is 24.3 Å². The maximum atomic E-state index is 9.37. The Balaban J connectivity index is 2.01. The molecule has 0 bridgehead atoms. The molecular formula is C14H16BNO3. The predicted molar refractivity (Wildman–Crippen MR) is 76.8 cm³/mol. The standard InChI is InChI=1S/C14H16BNO3/c17-15(18)14-3-1-2-11-10-12(4-5-13(11)14)16-6-8-19-9-7-16/h1-5,10,17-18H,6-9H2. The quantitative estimate of drug-likeness (QED) is 0.762. The van der Waals surface area contributed by atoms with E-state index in [0.29, 0.717) is 5.46 Å². The van der Waals surface area contributed by atoms with Crippen LogP contribution in [0.3, 0.4) is 0 Å². The molecular weight excluding hydrogens is 241 g/mol. The monoisotopic (exact) mass is 257 g/mol. The molecule has 0 saturated carbocycles. The van der Waals surface area contributed by atoms with E-state index in [1.54, 1.807) is 6.07 Å². The molecule has 2 N–H and O–H groups in total. The molecule has 98 valence electrons. The lowest BCUT2D eigenvalue weighted by molar-refractivity contribution is 0.122. The zero-order valence-electron chi connectivity index (χ0n) is 10.6. The summed E-state index contributed by atoms with van der Waals surface area (Å²) in [5.74, 6) is 0. The van der Waals surface area contributed by atoms with Gasteiger partial charge in [-0.2, -0.15) is 0 Å². The predicted octanol–water partition coefficient (Wildman–Crippen LogP) is 0.356. The molecule has 0 atom stereocenters. The van der Waals surface area contributed by atoms with Crippen LogP contribution in [0, 0.1) is 0 Å². The van der Waals surface area contributed by atoms with Gasteiger partial charge >= 0.3 is 7.12 Å². The van der Waals surface area contributed by atoms with Crippen LogP contribution in [0.4, 0.5) is 5.69 Å². The lowest BCUT2D eigenvalue weighted by Gasteiger charge is -2.29. The molecule has 2 aromatic carbocycles. The molecule has 0 unspecified atom stereocenters. The average Bonchev–Trinajstić information content (AvgIpc) is 2.47. The van der Waals surface area contributed by atoms with Crippen LogP contribution in [0.25, 0.3) is 10.8 Å². The number of benzene rings is 2. The van der Waals surface area contributed by atoms with Crippen LogP contribution in [0.15, 0.2) is 36.4 Å². The second-order valence-electron chi connectivity index (χ2n) is 4.73. The molecule has 0 aromatic heterocycles. The summed E-state index contributed by atoms with van der Waals surface area (Å²) in [6, 6.07) is 11.6. The molecule has 19 heavy (non-hydrogen) atoms. The first kappa shape index (κ1) is 12.5. The van der Waals surface area contributed by atoms with Gasteiger partial charge in [-0.3, -0.25) is 0 Å². The molecule has 1 fully saturated rings. The van der Waals surface area contributed by atoms with Gasteiger partial charge in [-0.15, -0.1) is 0 Å². The van der Waals surface area contributed by atoms with Gasteiger partial charge in [-0.1, -0.05) is 24.3 Å². The van der Waals surface area contributed by atoms with Crippen molar-refractivity contribution in [2.75, 3.05) is 31.2 Å². The second kappa shape index (κ2) is 5.21. The normalized spacial score (nSPS) is 15.8. The van der Waals surface area contributed by atoms with Crippen LogP contribution in [0.2, 0.25) is 0 Å². The number of hydrogen-bond donors (Lipinski definition) is 2. The second-order valence-corrected chi connectivity index (χ2v) is 4.73. The van der Waals surface area contributed by atoms with Crippen LogP contribution < -0.4 is 10.4 Å². The molecule has 2 aromatic rings. The van der Waals surface area contributed by atoms with Gasteiger partial charge in [-0.25, -0.2) is 0 Å². The molecule has 5 heteroatoms. The number of rotatable bonds is 2. The first-order valence-electron chi connectivity index (χ1n) is 6.47. The van der Waals surface area contributed by atoms with Crippen molar-refractivity contribution in [3.05, 3.63) is 36.4 Å². The minimum Gasteiger partial charge on any atom is -0.423 e. The van der Waals surface area contributed by atoms with Gasteiger partial charge in [0, 0.05) is 18.8 Å². The van der Waals surface area contributed by atoms with Crippen molar-refractivity contribution in [1.29, 1.82) is 0 Å². The Kier molecular flexibility index (Phi) is 3.42. The minimum atomic E-state index is -1.43. The highest BCUT2D eigenvalue weighted by Gasteiger charge is 2.16. The van der Waals surface area contributed by atoms with Crippen molar-refractivity contribution >= 4 is 29.0 Å². The summed E-state index contributed by atoms with van der Waals surface area (Å²) < 4.78 is 5.35. The van der Waals surface area contributed by atoms with Crippen molar-refractivity contribution in [2.45, 2.75) is 0 Å². The van der Waals surface area contributed by atoms with Gasteiger partial charge in [0.2, 0.25) is 0 Å². The van der Waals surface area contributed by atoms with E-state index in [0.717, 1.165) is 42.8 Å². The molecule has 0 radical (unpaired) electrons. The lowest BCUT2D eigenvalue weighted by Crippen LogP contribution is -2.36. The summed E-state index contributed by atoms with van der Waals surface area (Å²) in [6.07, 6.45) is 0. The van der Waals surface area contributed by atoms with Gasteiger partial charge in [0.05, 0.1) is 13.2 Å². The Bertz CT molecular complexity index is 582. The summed E-state index contributed by atoms with van der Waals surface area (Å²) >= 11 is 0. The largest absolute Gasteiger partial charge is 0.489 e. The summed E-state index contributed by atoms with van der Waals surface area (Å²) in [5.41, 5.74) is 1.70. The van der Waals surface area contributed by atoms with E-state index in [4.69, 9.17) is 4.74 Å². The third-order valence-electron chi connectivity index (χ3n) is 3.55. The highest BCUT2D eigenvalue weighted by atomic mass is 16.5. The third kappa shape index (κ3) is 2.45. The molecule has 0 spiro atoms. The van der Waals surface area contributed by atoms with E-state index in [-0.39, 0.29) is 0 Å². The fraction of sp³-hybridized carbons (Fsp3) is 0.286. The van der Waals surface area contributed by atoms with Crippen molar-refractivity contribution in [2.24, 2.45) is 0 Å². The van der Waals surface area contributed by atoms with Crippen molar-refractivity contribution in [3.8, 4) is 0 Å². The van der Waals surface area contributed by atoms with Crippen LogP contribution >= 0.6 is 0 Å². The maximum absolute atomic E-state index is 9.37. The molecule has 1 heterocycles. The van der Waals surface area contributed by atoms with Gasteiger partial charge in [-0.05, 0) is 28.4 Å². The Labute approximate surface area is 112 Å². The highest BCUT2D eigenvalue weighted by Crippen LogP contribution is 2.22. The van der Waals surface area contributed by atoms with Crippen molar-refractivity contribution in [3.63, 3.8) is 0 Å². The number of anilines is 1. The van der Waals surface area contributed by atoms with Gasteiger partial charge in [0.15, 0.2) is 0 Å². The maximum Gasteiger partial charge on any atom is 0.489 e.